The van der Waals surface area contributed by atoms with Gasteiger partial charge in [-0.3, -0.25) is 19.9 Å². The first-order chi connectivity index (χ1) is 10.7. The molecular formula is C15H14N6O. The van der Waals surface area contributed by atoms with E-state index < -0.39 is 0 Å². The normalized spacial score (nSPS) is 14.2. The summed E-state index contributed by atoms with van der Waals surface area (Å²) in [6.45, 7) is 0. The third-order valence-corrected chi connectivity index (χ3v) is 3.77. The quantitative estimate of drug-likeness (QED) is 0.684. The Kier molecular flexibility index (Phi) is 2.78. The Hall–Kier alpha value is -2.96. The van der Waals surface area contributed by atoms with Crippen LogP contribution < -0.4 is 11.1 Å². The Balaban J connectivity index is 1.65. The van der Waals surface area contributed by atoms with Gasteiger partial charge in [0.2, 0.25) is 5.91 Å². The molecule has 1 aliphatic rings. The highest BCUT2D eigenvalue weighted by atomic mass is 16.2. The molecule has 0 bridgehead atoms. The number of pyridine rings is 2. The Morgan fingerprint density at radius 1 is 1.27 bits per heavy atom. The predicted molar refractivity (Wildman–Crippen MR) is 82.9 cm³/mol. The van der Waals surface area contributed by atoms with Gasteiger partial charge in [0, 0.05) is 23.9 Å². The van der Waals surface area contributed by atoms with Crippen molar-refractivity contribution in [3.05, 3.63) is 30.7 Å². The number of nitrogen functional groups attached to an aromatic ring is 1. The number of nitrogens with zero attached hydrogens (tertiary/aromatic N) is 3. The van der Waals surface area contributed by atoms with Crippen LogP contribution in [0.3, 0.4) is 0 Å². The molecule has 0 aromatic carbocycles. The SMILES string of the molecule is Nc1n[nH]c2c(-c3ccc(NC(=O)C4CC4)cn3)cncc12. The number of aromatic nitrogens is 4. The second-order valence-corrected chi connectivity index (χ2v) is 5.41. The second-order valence-electron chi connectivity index (χ2n) is 5.41. The molecule has 4 rings (SSSR count). The van der Waals surface area contributed by atoms with Crippen molar-refractivity contribution in [3.63, 3.8) is 0 Å². The summed E-state index contributed by atoms with van der Waals surface area (Å²) in [5.41, 5.74) is 8.85. The largest absolute Gasteiger partial charge is 0.382 e. The number of rotatable bonds is 3. The van der Waals surface area contributed by atoms with Crippen LogP contribution in [-0.4, -0.2) is 26.1 Å². The standard InChI is InChI=1S/C15H14N6O/c16-14-11-7-17-6-10(13(11)20-21-14)12-4-3-9(5-18-12)19-15(22)8-1-2-8/h3-8H,1-2H2,(H,19,22)(H3,16,20,21). The van der Waals surface area contributed by atoms with Crippen LogP contribution in [-0.2, 0) is 4.79 Å². The average Bonchev–Trinajstić information content (AvgIpc) is 3.32. The van der Waals surface area contributed by atoms with Crippen molar-refractivity contribution >= 4 is 28.3 Å². The minimum Gasteiger partial charge on any atom is -0.382 e. The number of hydrogen-bond acceptors (Lipinski definition) is 5. The van der Waals surface area contributed by atoms with Gasteiger partial charge in [-0.2, -0.15) is 5.10 Å². The monoisotopic (exact) mass is 294 g/mol. The van der Waals surface area contributed by atoms with Gasteiger partial charge in [0.05, 0.1) is 28.5 Å². The fourth-order valence-corrected chi connectivity index (χ4v) is 2.36. The van der Waals surface area contributed by atoms with Crippen molar-refractivity contribution in [2.75, 3.05) is 11.1 Å². The summed E-state index contributed by atoms with van der Waals surface area (Å²) in [5.74, 6) is 0.655. The van der Waals surface area contributed by atoms with E-state index >= 15 is 0 Å². The Morgan fingerprint density at radius 2 is 2.14 bits per heavy atom. The van der Waals surface area contributed by atoms with Crippen LogP contribution in [0.15, 0.2) is 30.7 Å². The zero-order valence-electron chi connectivity index (χ0n) is 11.7. The molecule has 1 amide bonds. The van der Waals surface area contributed by atoms with Gasteiger partial charge in [0.1, 0.15) is 0 Å². The average molecular weight is 294 g/mol. The fourth-order valence-electron chi connectivity index (χ4n) is 2.36. The van der Waals surface area contributed by atoms with Crippen LogP contribution in [0.2, 0.25) is 0 Å². The van der Waals surface area contributed by atoms with Gasteiger partial charge in [-0.05, 0) is 25.0 Å². The van der Waals surface area contributed by atoms with Gasteiger partial charge < -0.3 is 11.1 Å². The van der Waals surface area contributed by atoms with E-state index in [-0.39, 0.29) is 11.8 Å². The number of fused-ring (bicyclic) bond motifs is 1. The number of carbonyl (C=O) groups is 1. The molecule has 110 valence electrons. The lowest BCUT2D eigenvalue weighted by Gasteiger charge is -2.06. The summed E-state index contributed by atoms with van der Waals surface area (Å²) < 4.78 is 0. The van der Waals surface area contributed by atoms with Crippen LogP contribution in [0.25, 0.3) is 22.2 Å². The van der Waals surface area contributed by atoms with Crippen molar-refractivity contribution in [3.8, 4) is 11.3 Å². The van der Waals surface area contributed by atoms with Crippen molar-refractivity contribution in [1.29, 1.82) is 0 Å². The van der Waals surface area contributed by atoms with E-state index in [9.17, 15) is 4.79 Å². The van der Waals surface area contributed by atoms with Crippen molar-refractivity contribution in [2.24, 2.45) is 5.92 Å². The maximum atomic E-state index is 11.7. The maximum absolute atomic E-state index is 11.7. The molecule has 0 saturated heterocycles. The van der Waals surface area contributed by atoms with Crippen LogP contribution in [0.4, 0.5) is 11.5 Å². The summed E-state index contributed by atoms with van der Waals surface area (Å²) in [7, 11) is 0. The third kappa shape index (κ3) is 2.16. The van der Waals surface area contributed by atoms with Gasteiger partial charge in [0.25, 0.3) is 0 Å². The summed E-state index contributed by atoms with van der Waals surface area (Å²) in [4.78, 5) is 20.3. The molecule has 3 aromatic heterocycles. The maximum Gasteiger partial charge on any atom is 0.227 e. The Labute approximate surface area is 126 Å². The topological polar surface area (TPSA) is 110 Å². The minimum absolute atomic E-state index is 0.0691. The van der Waals surface area contributed by atoms with Crippen molar-refractivity contribution in [2.45, 2.75) is 12.8 Å². The van der Waals surface area contributed by atoms with Gasteiger partial charge in [-0.1, -0.05) is 0 Å². The molecule has 7 nitrogen and oxygen atoms in total. The highest BCUT2D eigenvalue weighted by molar-refractivity contribution is 5.98. The van der Waals surface area contributed by atoms with Crippen molar-refractivity contribution in [1.82, 2.24) is 20.2 Å². The Bertz CT molecular complexity index is 850. The molecule has 0 unspecified atom stereocenters. The molecule has 3 aromatic rings. The van der Waals surface area contributed by atoms with E-state index in [1.807, 2.05) is 12.1 Å². The highest BCUT2D eigenvalue weighted by Crippen LogP contribution is 2.31. The molecule has 0 aliphatic heterocycles. The number of nitrogens with one attached hydrogen (secondary N) is 2. The number of carbonyl (C=O) groups excluding carboxylic acids is 1. The highest BCUT2D eigenvalue weighted by Gasteiger charge is 2.29. The number of hydrogen-bond donors (Lipinski definition) is 3. The first-order valence-corrected chi connectivity index (χ1v) is 7.07. The fraction of sp³-hybridized carbons (Fsp3) is 0.200. The molecule has 0 radical (unpaired) electrons. The second kappa shape index (κ2) is 4.80. The van der Waals surface area contributed by atoms with Gasteiger partial charge in [-0.15, -0.1) is 0 Å². The molecule has 3 heterocycles. The molecule has 0 spiro atoms. The summed E-state index contributed by atoms with van der Waals surface area (Å²) in [6.07, 6.45) is 6.99. The molecule has 7 heteroatoms. The minimum atomic E-state index is 0.0691. The summed E-state index contributed by atoms with van der Waals surface area (Å²) >= 11 is 0. The molecule has 1 saturated carbocycles. The number of H-pyrrole nitrogens is 1. The number of nitrogens with two attached hydrogens (primary N) is 1. The zero-order valence-corrected chi connectivity index (χ0v) is 11.7. The predicted octanol–water partition coefficient (Wildman–Crippen LogP) is 1.95. The van der Waals surface area contributed by atoms with E-state index in [2.05, 4.69) is 25.5 Å². The molecule has 0 atom stereocenters. The lowest BCUT2D eigenvalue weighted by molar-refractivity contribution is -0.117. The van der Waals surface area contributed by atoms with Crippen LogP contribution >= 0.6 is 0 Å². The molecular weight excluding hydrogens is 280 g/mol. The lowest BCUT2D eigenvalue weighted by Crippen LogP contribution is -2.13. The van der Waals surface area contributed by atoms with Gasteiger partial charge in [0.15, 0.2) is 5.82 Å². The number of amides is 1. The summed E-state index contributed by atoms with van der Waals surface area (Å²) in [5, 5.41) is 10.5. The number of anilines is 2. The van der Waals surface area contributed by atoms with Crippen molar-refractivity contribution < 1.29 is 4.79 Å². The lowest BCUT2D eigenvalue weighted by atomic mass is 10.1. The first-order valence-electron chi connectivity index (χ1n) is 7.07. The van der Waals surface area contributed by atoms with E-state index in [4.69, 9.17) is 5.73 Å². The Morgan fingerprint density at radius 3 is 2.86 bits per heavy atom. The van der Waals surface area contributed by atoms with Crippen LogP contribution in [0.1, 0.15) is 12.8 Å². The van der Waals surface area contributed by atoms with E-state index in [1.165, 1.54) is 0 Å². The molecule has 22 heavy (non-hydrogen) atoms. The number of aromatic amines is 1. The van der Waals surface area contributed by atoms with Crippen LogP contribution in [0, 0.1) is 5.92 Å². The molecule has 1 aliphatic carbocycles. The third-order valence-electron chi connectivity index (χ3n) is 3.77. The summed E-state index contributed by atoms with van der Waals surface area (Å²) in [6, 6.07) is 3.68. The van der Waals surface area contributed by atoms with Crippen LogP contribution in [0.5, 0.6) is 0 Å². The smallest absolute Gasteiger partial charge is 0.227 e. The van der Waals surface area contributed by atoms with Gasteiger partial charge in [-0.25, -0.2) is 0 Å². The van der Waals surface area contributed by atoms with Gasteiger partial charge >= 0.3 is 0 Å². The molecule has 4 N–H and O–H groups in total. The zero-order chi connectivity index (χ0) is 15.1. The first kappa shape index (κ1) is 12.8. The van der Waals surface area contributed by atoms with E-state index in [0.717, 1.165) is 35.0 Å². The molecule has 1 fully saturated rings. The van der Waals surface area contributed by atoms with E-state index in [1.54, 1.807) is 18.6 Å². The van der Waals surface area contributed by atoms with E-state index in [0.29, 0.717) is 11.5 Å².